The number of rotatable bonds is 11. The van der Waals surface area contributed by atoms with Crippen molar-refractivity contribution in [1.29, 1.82) is 0 Å². The van der Waals surface area contributed by atoms with Gasteiger partial charge in [0.25, 0.3) is 0 Å². The van der Waals surface area contributed by atoms with Crippen LogP contribution >= 0.6 is 15.9 Å². The van der Waals surface area contributed by atoms with E-state index in [0.717, 1.165) is 31.0 Å². The van der Waals surface area contributed by atoms with Gasteiger partial charge in [-0.1, -0.05) is 36.2 Å². The van der Waals surface area contributed by atoms with Crippen molar-refractivity contribution in [3.63, 3.8) is 0 Å². The van der Waals surface area contributed by atoms with Gasteiger partial charge in [-0.3, -0.25) is 0 Å². The summed E-state index contributed by atoms with van der Waals surface area (Å²) in [7, 11) is 2.18. The number of ether oxygens (including phenoxy) is 1. The highest BCUT2D eigenvalue weighted by Crippen LogP contribution is 2.01. The summed E-state index contributed by atoms with van der Waals surface area (Å²) in [5.74, 6) is 0.752. The lowest BCUT2D eigenvalue weighted by Gasteiger charge is -2.16. The van der Waals surface area contributed by atoms with Crippen LogP contribution in [0.5, 0.6) is 0 Å². The van der Waals surface area contributed by atoms with Crippen LogP contribution in [0.2, 0.25) is 0 Å². The van der Waals surface area contributed by atoms with Gasteiger partial charge in [0.2, 0.25) is 0 Å². The Hall–Kier alpha value is 0.400. The van der Waals surface area contributed by atoms with E-state index in [9.17, 15) is 0 Å². The van der Waals surface area contributed by atoms with Gasteiger partial charge in [0.15, 0.2) is 0 Å². The molecule has 3 heteroatoms. The lowest BCUT2D eigenvalue weighted by molar-refractivity contribution is 0.103. The molecule has 0 atom stereocenters. The Morgan fingerprint density at radius 2 is 1.81 bits per heavy atom. The predicted molar refractivity (Wildman–Crippen MR) is 75.4 cm³/mol. The zero-order valence-electron chi connectivity index (χ0n) is 11.2. The third-order valence-corrected chi connectivity index (χ3v) is 3.19. The van der Waals surface area contributed by atoms with E-state index in [1.165, 1.54) is 32.2 Å². The second-order valence-electron chi connectivity index (χ2n) is 4.85. The average molecular weight is 294 g/mol. The van der Waals surface area contributed by atoms with E-state index in [1.54, 1.807) is 0 Å². The fourth-order valence-corrected chi connectivity index (χ4v) is 1.80. The van der Waals surface area contributed by atoms with Gasteiger partial charge in [0.05, 0.1) is 6.61 Å². The van der Waals surface area contributed by atoms with Crippen molar-refractivity contribution in [2.45, 2.75) is 39.5 Å². The molecule has 0 heterocycles. The minimum absolute atomic E-state index is 0.752. The topological polar surface area (TPSA) is 12.5 Å². The highest BCUT2D eigenvalue weighted by molar-refractivity contribution is 9.09. The van der Waals surface area contributed by atoms with Crippen molar-refractivity contribution < 1.29 is 4.74 Å². The zero-order chi connectivity index (χ0) is 12.2. The monoisotopic (exact) mass is 293 g/mol. The smallest absolute Gasteiger partial charge is 0.0593 e. The zero-order valence-corrected chi connectivity index (χ0v) is 12.8. The summed E-state index contributed by atoms with van der Waals surface area (Å²) in [5, 5.41) is 1.13. The fourth-order valence-electron chi connectivity index (χ4n) is 1.41. The third-order valence-electron chi connectivity index (χ3n) is 2.63. The second kappa shape index (κ2) is 11.9. The molecule has 0 saturated carbocycles. The van der Waals surface area contributed by atoms with Crippen LogP contribution in [0.4, 0.5) is 0 Å². The van der Waals surface area contributed by atoms with Crippen LogP contribution in [0.15, 0.2) is 0 Å². The molecule has 16 heavy (non-hydrogen) atoms. The molecule has 0 spiro atoms. The molecule has 0 aliphatic heterocycles. The van der Waals surface area contributed by atoms with Gasteiger partial charge in [-0.15, -0.1) is 0 Å². The van der Waals surface area contributed by atoms with E-state index in [1.807, 2.05) is 0 Å². The first-order valence-corrected chi connectivity index (χ1v) is 7.61. The number of hydrogen-bond donors (Lipinski definition) is 0. The van der Waals surface area contributed by atoms with E-state index in [4.69, 9.17) is 4.74 Å². The van der Waals surface area contributed by atoms with E-state index in [0.29, 0.717) is 0 Å². The van der Waals surface area contributed by atoms with Crippen LogP contribution in [0.25, 0.3) is 0 Å². The molecule has 0 aromatic rings. The highest BCUT2D eigenvalue weighted by atomic mass is 79.9. The molecule has 0 fully saturated rings. The Morgan fingerprint density at radius 3 is 2.44 bits per heavy atom. The fraction of sp³-hybridized carbons (Fsp3) is 1.00. The van der Waals surface area contributed by atoms with Crippen LogP contribution in [-0.4, -0.2) is 43.6 Å². The average Bonchev–Trinajstić information content (AvgIpc) is 2.23. The number of likely N-dealkylation sites (N-methyl/N-ethyl adjacent to an activating group) is 1. The van der Waals surface area contributed by atoms with Gasteiger partial charge < -0.3 is 9.64 Å². The highest BCUT2D eigenvalue weighted by Gasteiger charge is 1.99. The summed E-state index contributed by atoms with van der Waals surface area (Å²) >= 11 is 3.45. The molecule has 0 unspecified atom stereocenters. The number of halogens is 1. The molecule has 98 valence electrons. The number of unbranched alkanes of at least 4 members (excludes halogenated alkanes) is 2. The van der Waals surface area contributed by atoms with E-state index in [2.05, 4.69) is 41.7 Å². The molecule has 0 aromatic heterocycles. The SMILES string of the molecule is CC(C)CCOCCN(C)CCCCCBr. The van der Waals surface area contributed by atoms with Crippen molar-refractivity contribution in [2.24, 2.45) is 5.92 Å². The normalized spacial score (nSPS) is 11.6. The molecule has 0 aliphatic carbocycles. The third kappa shape index (κ3) is 12.5. The number of alkyl halides is 1. The molecular formula is C13H28BrNO. The Labute approximate surface area is 110 Å². The summed E-state index contributed by atoms with van der Waals surface area (Å²) in [4.78, 5) is 2.36. The van der Waals surface area contributed by atoms with Crippen LogP contribution in [0.1, 0.15) is 39.5 Å². The van der Waals surface area contributed by atoms with Gasteiger partial charge in [0.1, 0.15) is 0 Å². The van der Waals surface area contributed by atoms with Gasteiger partial charge >= 0.3 is 0 Å². The standard InChI is InChI=1S/C13H28BrNO/c1-13(2)7-11-16-12-10-15(3)9-6-4-5-8-14/h13H,4-12H2,1-3H3. The summed E-state index contributed by atoms with van der Waals surface area (Å²) in [6, 6.07) is 0. The van der Waals surface area contributed by atoms with Crippen molar-refractivity contribution in [3.8, 4) is 0 Å². The van der Waals surface area contributed by atoms with Gasteiger partial charge in [0, 0.05) is 18.5 Å². The predicted octanol–water partition coefficient (Wildman–Crippen LogP) is 3.55. The van der Waals surface area contributed by atoms with Gasteiger partial charge in [-0.05, 0) is 38.8 Å². The van der Waals surface area contributed by atoms with E-state index < -0.39 is 0 Å². The van der Waals surface area contributed by atoms with Crippen molar-refractivity contribution >= 4 is 15.9 Å². The minimum Gasteiger partial charge on any atom is -0.380 e. The molecule has 0 amide bonds. The molecule has 0 saturated heterocycles. The first-order valence-electron chi connectivity index (χ1n) is 6.49. The van der Waals surface area contributed by atoms with Crippen LogP contribution in [0.3, 0.4) is 0 Å². The van der Waals surface area contributed by atoms with Crippen molar-refractivity contribution in [1.82, 2.24) is 4.90 Å². The molecular weight excluding hydrogens is 266 g/mol. The quantitative estimate of drug-likeness (QED) is 0.427. The van der Waals surface area contributed by atoms with Crippen molar-refractivity contribution in [3.05, 3.63) is 0 Å². The second-order valence-corrected chi connectivity index (χ2v) is 5.64. The van der Waals surface area contributed by atoms with Gasteiger partial charge in [-0.25, -0.2) is 0 Å². The molecule has 0 aromatic carbocycles. The summed E-state index contributed by atoms with van der Waals surface area (Å²) in [6.45, 7) is 8.52. The maximum Gasteiger partial charge on any atom is 0.0593 e. The summed E-state index contributed by atoms with van der Waals surface area (Å²) in [5.41, 5.74) is 0. The van der Waals surface area contributed by atoms with Crippen LogP contribution < -0.4 is 0 Å². The number of hydrogen-bond acceptors (Lipinski definition) is 2. The maximum absolute atomic E-state index is 5.59. The van der Waals surface area contributed by atoms with Crippen molar-refractivity contribution in [2.75, 3.05) is 38.7 Å². The Morgan fingerprint density at radius 1 is 1.06 bits per heavy atom. The van der Waals surface area contributed by atoms with Crippen LogP contribution in [-0.2, 0) is 4.74 Å². The summed E-state index contributed by atoms with van der Waals surface area (Å²) < 4.78 is 5.59. The lowest BCUT2D eigenvalue weighted by Crippen LogP contribution is -2.24. The Balaban J connectivity index is 3.14. The maximum atomic E-state index is 5.59. The van der Waals surface area contributed by atoms with Crippen LogP contribution in [0, 0.1) is 5.92 Å². The van der Waals surface area contributed by atoms with E-state index in [-0.39, 0.29) is 0 Å². The van der Waals surface area contributed by atoms with Gasteiger partial charge in [-0.2, -0.15) is 0 Å². The molecule has 0 N–H and O–H groups in total. The Bertz CT molecular complexity index is 142. The first kappa shape index (κ1) is 16.4. The summed E-state index contributed by atoms with van der Waals surface area (Å²) in [6.07, 6.45) is 5.09. The van der Waals surface area contributed by atoms with E-state index >= 15 is 0 Å². The first-order chi connectivity index (χ1) is 7.66. The molecule has 2 nitrogen and oxygen atoms in total. The minimum atomic E-state index is 0.752. The largest absolute Gasteiger partial charge is 0.380 e. The molecule has 0 aliphatic rings. The molecule has 0 radical (unpaired) electrons. The Kier molecular flexibility index (Phi) is 12.2. The molecule has 0 rings (SSSR count). The lowest BCUT2D eigenvalue weighted by atomic mass is 10.1. The molecule has 0 bridgehead atoms. The number of nitrogens with zero attached hydrogens (tertiary/aromatic N) is 1.